The molecular formula is C16H25N3O. The van der Waals surface area contributed by atoms with E-state index in [1.54, 1.807) is 7.11 Å². The second kappa shape index (κ2) is 5.44. The Balaban J connectivity index is 2.67. The minimum Gasteiger partial charge on any atom is -0.497 e. The maximum Gasteiger partial charge on any atom is 0.129 e. The first-order chi connectivity index (χ1) is 9.40. The molecule has 20 heavy (non-hydrogen) atoms. The van der Waals surface area contributed by atoms with E-state index < -0.39 is 0 Å². The largest absolute Gasteiger partial charge is 0.497 e. The summed E-state index contributed by atoms with van der Waals surface area (Å²) in [6.07, 6.45) is 0. The molecule has 2 aromatic rings. The van der Waals surface area contributed by atoms with Crippen LogP contribution in [0.25, 0.3) is 11.0 Å². The number of hydrogen-bond acceptors (Lipinski definition) is 3. The smallest absolute Gasteiger partial charge is 0.129 e. The van der Waals surface area contributed by atoms with Crippen molar-refractivity contribution in [2.75, 3.05) is 13.7 Å². The molecule has 0 saturated carbocycles. The van der Waals surface area contributed by atoms with Crippen molar-refractivity contribution in [1.29, 1.82) is 0 Å². The zero-order valence-electron chi connectivity index (χ0n) is 13.3. The van der Waals surface area contributed by atoms with E-state index in [4.69, 9.17) is 9.72 Å². The molecule has 2 rings (SSSR count). The van der Waals surface area contributed by atoms with E-state index in [0.717, 1.165) is 29.2 Å². The predicted octanol–water partition coefficient (Wildman–Crippen LogP) is 3.47. The summed E-state index contributed by atoms with van der Waals surface area (Å²) < 4.78 is 7.60. The van der Waals surface area contributed by atoms with Gasteiger partial charge >= 0.3 is 0 Å². The Bertz CT molecular complexity index is 599. The summed E-state index contributed by atoms with van der Waals surface area (Å²) in [5.41, 5.74) is 1.98. The maximum absolute atomic E-state index is 5.30. The standard InChI is InChI=1S/C16H25N3O/c1-7-17-16(4,5)15-18-13-10-12(20-6)8-9-14(13)19(15)11(2)3/h8-11,17H,7H2,1-6H3. The lowest BCUT2D eigenvalue weighted by atomic mass is 10.0. The van der Waals surface area contributed by atoms with E-state index in [-0.39, 0.29) is 5.54 Å². The van der Waals surface area contributed by atoms with Crippen LogP contribution in [0.3, 0.4) is 0 Å². The Kier molecular flexibility index (Phi) is 4.04. The molecule has 1 heterocycles. The third-order valence-corrected chi connectivity index (χ3v) is 3.59. The Morgan fingerprint density at radius 1 is 1.35 bits per heavy atom. The highest BCUT2D eigenvalue weighted by atomic mass is 16.5. The van der Waals surface area contributed by atoms with Crippen LogP contribution >= 0.6 is 0 Å². The number of fused-ring (bicyclic) bond motifs is 1. The number of nitrogens with one attached hydrogen (secondary N) is 1. The van der Waals surface area contributed by atoms with Crippen LogP contribution < -0.4 is 10.1 Å². The number of benzene rings is 1. The number of aromatic nitrogens is 2. The van der Waals surface area contributed by atoms with Crippen molar-refractivity contribution in [2.24, 2.45) is 0 Å². The second-order valence-corrected chi connectivity index (χ2v) is 5.91. The first kappa shape index (κ1) is 14.9. The maximum atomic E-state index is 5.30. The molecular weight excluding hydrogens is 250 g/mol. The van der Waals surface area contributed by atoms with Gasteiger partial charge in [0.2, 0.25) is 0 Å². The van der Waals surface area contributed by atoms with Gasteiger partial charge in [0.05, 0.1) is 23.7 Å². The van der Waals surface area contributed by atoms with Gasteiger partial charge in [0.25, 0.3) is 0 Å². The van der Waals surface area contributed by atoms with E-state index >= 15 is 0 Å². The monoisotopic (exact) mass is 275 g/mol. The third kappa shape index (κ3) is 2.52. The molecule has 1 N–H and O–H groups in total. The molecule has 0 bridgehead atoms. The SMILES string of the molecule is CCNC(C)(C)c1nc2cc(OC)ccc2n1C(C)C. The Morgan fingerprint density at radius 3 is 2.60 bits per heavy atom. The molecule has 0 spiro atoms. The van der Waals surface area contributed by atoms with Gasteiger partial charge in [-0.1, -0.05) is 6.92 Å². The van der Waals surface area contributed by atoms with Gasteiger partial charge < -0.3 is 14.6 Å². The van der Waals surface area contributed by atoms with Gasteiger partial charge in [-0.2, -0.15) is 0 Å². The number of nitrogens with zero attached hydrogens (tertiary/aromatic N) is 2. The number of hydrogen-bond donors (Lipinski definition) is 1. The van der Waals surface area contributed by atoms with E-state index in [0.29, 0.717) is 6.04 Å². The van der Waals surface area contributed by atoms with Crippen molar-refractivity contribution in [3.8, 4) is 5.75 Å². The van der Waals surface area contributed by atoms with Crippen molar-refractivity contribution in [3.05, 3.63) is 24.0 Å². The van der Waals surface area contributed by atoms with Crippen LogP contribution in [0, 0.1) is 0 Å². The first-order valence-corrected chi connectivity index (χ1v) is 7.22. The Morgan fingerprint density at radius 2 is 2.05 bits per heavy atom. The summed E-state index contributed by atoms with van der Waals surface area (Å²) in [6.45, 7) is 11.8. The molecule has 0 aliphatic heterocycles. The van der Waals surface area contributed by atoms with E-state index in [9.17, 15) is 0 Å². The number of imidazole rings is 1. The van der Waals surface area contributed by atoms with Crippen LogP contribution in [0.2, 0.25) is 0 Å². The highest BCUT2D eigenvalue weighted by Gasteiger charge is 2.27. The van der Waals surface area contributed by atoms with Crippen LogP contribution in [0.15, 0.2) is 18.2 Å². The first-order valence-electron chi connectivity index (χ1n) is 7.22. The molecule has 4 heteroatoms. The normalized spacial score (nSPS) is 12.3. The van der Waals surface area contributed by atoms with Crippen molar-refractivity contribution >= 4 is 11.0 Å². The molecule has 0 fully saturated rings. The molecule has 0 amide bonds. The van der Waals surface area contributed by atoms with Crippen LogP contribution in [0.4, 0.5) is 0 Å². The van der Waals surface area contributed by atoms with Crippen molar-refractivity contribution in [1.82, 2.24) is 14.9 Å². The summed E-state index contributed by atoms with van der Waals surface area (Å²) >= 11 is 0. The quantitative estimate of drug-likeness (QED) is 0.908. The summed E-state index contributed by atoms with van der Waals surface area (Å²) in [4.78, 5) is 4.85. The van der Waals surface area contributed by atoms with Crippen LogP contribution in [0.1, 0.15) is 46.5 Å². The Hall–Kier alpha value is -1.55. The second-order valence-electron chi connectivity index (χ2n) is 5.91. The zero-order chi connectivity index (χ0) is 14.9. The number of rotatable bonds is 5. The van der Waals surface area contributed by atoms with Gasteiger partial charge in [0.1, 0.15) is 11.6 Å². The average Bonchev–Trinajstić information content (AvgIpc) is 2.77. The van der Waals surface area contributed by atoms with Crippen LogP contribution in [-0.4, -0.2) is 23.2 Å². The topological polar surface area (TPSA) is 39.1 Å². The lowest BCUT2D eigenvalue weighted by Gasteiger charge is -2.27. The number of methoxy groups -OCH3 is 1. The van der Waals surface area contributed by atoms with E-state index in [2.05, 4.69) is 50.6 Å². The Labute approximate surface area is 121 Å². The molecule has 0 unspecified atom stereocenters. The summed E-state index contributed by atoms with van der Waals surface area (Å²) in [5, 5.41) is 3.51. The van der Waals surface area contributed by atoms with Crippen molar-refractivity contribution in [3.63, 3.8) is 0 Å². The third-order valence-electron chi connectivity index (χ3n) is 3.59. The fourth-order valence-electron chi connectivity index (χ4n) is 2.69. The molecule has 4 nitrogen and oxygen atoms in total. The number of ether oxygens (including phenoxy) is 1. The molecule has 0 aliphatic rings. The fraction of sp³-hybridized carbons (Fsp3) is 0.562. The van der Waals surface area contributed by atoms with E-state index in [1.807, 2.05) is 12.1 Å². The lowest BCUT2D eigenvalue weighted by Crippen LogP contribution is -2.39. The highest BCUT2D eigenvalue weighted by Crippen LogP contribution is 2.30. The predicted molar refractivity (Wildman–Crippen MR) is 83.4 cm³/mol. The van der Waals surface area contributed by atoms with Gasteiger partial charge in [-0.15, -0.1) is 0 Å². The van der Waals surface area contributed by atoms with Gasteiger partial charge in [-0.25, -0.2) is 4.98 Å². The molecule has 110 valence electrons. The lowest BCUT2D eigenvalue weighted by molar-refractivity contribution is 0.367. The molecule has 1 aromatic carbocycles. The fourth-order valence-corrected chi connectivity index (χ4v) is 2.69. The van der Waals surface area contributed by atoms with Gasteiger partial charge in [-0.05, 0) is 46.4 Å². The minimum atomic E-state index is -0.161. The van der Waals surface area contributed by atoms with Crippen molar-refractivity contribution < 1.29 is 4.74 Å². The van der Waals surface area contributed by atoms with Gasteiger partial charge in [0.15, 0.2) is 0 Å². The molecule has 0 radical (unpaired) electrons. The van der Waals surface area contributed by atoms with Crippen molar-refractivity contribution in [2.45, 2.75) is 46.2 Å². The van der Waals surface area contributed by atoms with Gasteiger partial charge in [-0.3, -0.25) is 0 Å². The molecule has 0 saturated heterocycles. The zero-order valence-corrected chi connectivity index (χ0v) is 13.3. The molecule has 0 aliphatic carbocycles. The van der Waals surface area contributed by atoms with E-state index in [1.165, 1.54) is 0 Å². The van der Waals surface area contributed by atoms with Crippen LogP contribution in [0.5, 0.6) is 5.75 Å². The summed E-state index contributed by atoms with van der Waals surface area (Å²) in [6, 6.07) is 6.45. The minimum absolute atomic E-state index is 0.161. The summed E-state index contributed by atoms with van der Waals surface area (Å²) in [7, 11) is 1.68. The van der Waals surface area contributed by atoms with Crippen LogP contribution in [-0.2, 0) is 5.54 Å². The highest BCUT2D eigenvalue weighted by molar-refractivity contribution is 5.78. The molecule has 1 aromatic heterocycles. The summed E-state index contributed by atoms with van der Waals surface area (Å²) in [5.74, 6) is 1.91. The average molecular weight is 275 g/mol. The van der Waals surface area contributed by atoms with Gasteiger partial charge in [0, 0.05) is 12.1 Å². The molecule has 0 atom stereocenters.